The molecule has 0 radical (unpaired) electrons. The minimum atomic E-state index is -2.79. The highest BCUT2D eigenvalue weighted by Crippen LogP contribution is 2.18. The van der Waals surface area contributed by atoms with Gasteiger partial charge in [0.2, 0.25) is 0 Å². The van der Waals surface area contributed by atoms with Crippen LogP contribution in [0.2, 0.25) is 4.24 Å². The van der Waals surface area contributed by atoms with Gasteiger partial charge in [-0.25, -0.2) is 14.5 Å². The molecule has 20 heavy (non-hydrogen) atoms. The average molecular weight is 279 g/mol. The van der Waals surface area contributed by atoms with Gasteiger partial charge in [-0.1, -0.05) is 0 Å². The Kier molecular flexibility index (Phi) is 1.77. The van der Waals surface area contributed by atoms with E-state index in [1.807, 2.05) is 0 Å². The number of aromatic nitrogens is 1. The molecule has 2 aliphatic heterocycles. The summed E-state index contributed by atoms with van der Waals surface area (Å²) in [5.74, 6) is -2.40. The van der Waals surface area contributed by atoms with Gasteiger partial charge in [-0.05, 0) is 12.1 Å². The fourth-order valence-electron chi connectivity index (χ4n) is 1.86. The number of nitrogens with zero attached hydrogens (tertiary/aromatic N) is 2. The number of carbonyl (C=O) groups excluding carboxylic acids is 4. The van der Waals surface area contributed by atoms with Crippen LogP contribution in [0.25, 0.3) is 0 Å². The van der Waals surface area contributed by atoms with E-state index in [9.17, 15) is 19.2 Å². The lowest BCUT2D eigenvalue weighted by Crippen LogP contribution is -2.65. The molecule has 2 atom stereocenters. The van der Waals surface area contributed by atoms with Crippen molar-refractivity contribution < 1.29 is 24.8 Å². The molecular weight excluding hydrogens is 266 g/mol. The van der Waals surface area contributed by atoms with Crippen molar-refractivity contribution in [1.29, 1.82) is 0 Å². The summed E-state index contributed by atoms with van der Waals surface area (Å²) in [7, 11) is 0. The average Bonchev–Trinajstić information content (AvgIpc) is 2.80. The van der Waals surface area contributed by atoms with E-state index in [0.29, 0.717) is 0 Å². The van der Waals surface area contributed by atoms with E-state index in [2.05, 4.69) is 4.98 Å². The van der Waals surface area contributed by atoms with Gasteiger partial charge in [0.25, 0.3) is 11.8 Å². The van der Waals surface area contributed by atoms with Gasteiger partial charge in [-0.2, -0.15) is 0 Å². The third kappa shape index (κ3) is 1.76. The SMILES string of the molecule is [2H]N1C(=O)C2N(C(=O)c3cccnc3)C(=O)N([2H])C2([2H])N([2H])C1=O. The van der Waals surface area contributed by atoms with Crippen molar-refractivity contribution in [2.75, 3.05) is 0 Å². The van der Waals surface area contributed by atoms with E-state index in [1.54, 1.807) is 0 Å². The molecule has 0 saturated carbocycles. The van der Waals surface area contributed by atoms with E-state index in [0.717, 1.165) is 6.20 Å². The summed E-state index contributed by atoms with van der Waals surface area (Å²) in [6.07, 6.45) is -0.306. The van der Waals surface area contributed by atoms with Crippen LogP contribution in [0, 0.1) is 0 Å². The first-order valence-electron chi connectivity index (χ1n) is 7.29. The Balaban J connectivity index is 2.12. The molecule has 1 aromatic heterocycles. The normalized spacial score (nSPS) is 32.6. The molecule has 6 amide bonds. The Labute approximate surface area is 118 Å². The number of hydrogen-bond donors (Lipinski definition) is 3. The molecule has 3 heterocycles. The maximum atomic E-state index is 12.5. The van der Waals surface area contributed by atoms with Gasteiger partial charge in [-0.3, -0.25) is 19.9 Å². The molecule has 2 fully saturated rings. The molecule has 9 heteroatoms. The van der Waals surface area contributed by atoms with Crippen LogP contribution >= 0.6 is 0 Å². The summed E-state index contributed by atoms with van der Waals surface area (Å²) in [5, 5.41) is -0.490. The topological polar surface area (TPSA) is 120 Å². The smallest absolute Gasteiger partial charge is 0.315 e. The fourth-order valence-corrected chi connectivity index (χ4v) is 1.86. The Morgan fingerprint density at radius 3 is 2.90 bits per heavy atom. The number of carbonyl (C=O) groups is 4. The molecule has 2 saturated heterocycles. The lowest BCUT2D eigenvalue weighted by atomic mass is 10.1. The molecule has 1 aromatic rings. The van der Waals surface area contributed by atoms with E-state index in [1.165, 1.54) is 18.3 Å². The number of nitrogens with one attached hydrogen (secondary N) is 3. The number of hydrogen-bond acceptors (Lipinski definition) is 5. The molecule has 2 aliphatic rings. The van der Waals surface area contributed by atoms with Crippen LogP contribution in [0.1, 0.15) is 11.7 Å². The van der Waals surface area contributed by atoms with Crippen molar-refractivity contribution in [2.24, 2.45) is 0 Å². The van der Waals surface area contributed by atoms with Crippen LogP contribution in [0.3, 0.4) is 0 Å². The zero-order valence-corrected chi connectivity index (χ0v) is 9.76. The number of pyridine rings is 1. The maximum absolute atomic E-state index is 12.5. The predicted octanol–water partition coefficient (Wildman–Crippen LogP) is -1.22. The van der Waals surface area contributed by atoms with Gasteiger partial charge in [0.1, 0.15) is 6.14 Å². The first-order chi connectivity index (χ1) is 11.2. The highest BCUT2D eigenvalue weighted by atomic mass is 16.2. The largest absolute Gasteiger partial charge is 0.326 e. The van der Waals surface area contributed by atoms with Crippen LogP contribution in [-0.2, 0) is 4.79 Å². The molecule has 0 spiro atoms. The number of imide groups is 2. The molecule has 0 aliphatic carbocycles. The van der Waals surface area contributed by atoms with Gasteiger partial charge >= 0.3 is 12.1 Å². The molecule has 3 N–H and O–H groups in total. The van der Waals surface area contributed by atoms with Gasteiger partial charge in [-0.15, -0.1) is 0 Å². The molecule has 3 rings (SSSR count). The predicted molar refractivity (Wildman–Crippen MR) is 63.2 cm³/mol. The number of urea groups is 2. The van der Waals surface area contributed by atoms with Crippen molar-refractivity contribution in [2.45, 2.75) is 12.2 Å². The zero-order valence-electron chi connectivity index (χ0n) is 13.8. The summed E-state index contributed by atoms with van der Waals surface area (Å²) >= 11 is 0. The fraction of sp³-hybridized carbons (Fsp3) is 0.182. The summed E-state index contributed by atoms with van der Waals surface area (Å²) in [4.78, 5) is 52.7. The molecular formula is C11H9N5O4. The standard InChI is InChI=1S/C11H9N5O4/c17-8-6-7(13-10(19)15-8)14-11(20)16(6)9(18)5-2-1-3-12-4-5/h1-4,6-7H,(H,14,20)(H2,13,15,17,19)/i7D/hD3. The molecule has 0 aromatic carbocycles. The van der Waals surface area contributed by atoms with Crippen LogP contribution in [0.5, 0.6) is 0 Å². The second-order valence-corrected chi connectivity index (χ2v) is 3.92. The Morgan fingerprint density at radius 1 is 1.40 bits per heavy atom. The van der Waals surface area contributed by atoms with Crippen molar-refractivity contribution in [1.82, 2.24) is 25.8 Å². The van der Waals surface area contributed by atoms with Gasteiger partial charge in [0, 0.05) is 12.4 Å². The van der Waals surface area contributed by atoms with E-state index < -0.39 is 36.1 Å². The molecule has 0 bridgehead atoms. The number of rotatable bonds is 1. The van der Waals surface area contributed by atoms with Crippen LogP contribution < -0.4 is 15.9 Å². The monoisotopic (exact) mass is 279 g/mol. The van der Waals surface area contributed by atoms with Crippen molar-refractivity contribution in [3.8, 4) is 0 Å². The Morgan fingerprint density at radius 2 is 2.20 bits per heavy atom. The van der Waals surface area contributed by atoms with Crippen molar-refractivity contribution in [3.63, 3.8) is 0 Å². The number of amides is 6. The van der Waals surface area contributed by atoms with Crippen LogP contribution in [0.4, 0.5) is 9.59 Å². The van der Waals surface area contributed by atoms with Gasteiger partial charge < -0.3 is 10.6 Å². The van der Waals surface area contributed by atoms with E-state index in [4.69, 9.17) is 5.61 Å². The van der Waals surface area contributed by atoms with Crippen LogP contribution in [0.15, 0.2) is 24.5 Å². The third-order valence-corrected chi connectivity index (χ3v) is 2.70. The summed E-state index contributed by atoms with van der Waals surface area (Å²) in [5.41, 5.74) is -0.0961. The van der Waals surface area contributed by atoms with Crippen molar-refractivity contribution >= 4 is 23.9 Å². The lowest BCUT2D eigenvalue weighted by Gasteiger charge is -2.28. The second-order valence-electron chi connectivity index (χ2n) is 3.92. The maximum Gasteiger partial charge on any atom is 0.326 e. The molecule has 2 unspecified atom stereocenters. The van der Waals surface area contributed by atoms with Crippen molar-refractivity contribution in [3.05, 3.63) is 30.1 Å². The quantitative estimate of drug-likeness (QED) is 0.595. The van der Waals surface area contributed by atoms with E-state index >= 15 is 0 Å². The van der Waals surface area contributed by atoms with Gasteiger partial charge in [0.05, 0.1) is 6.93 Å². The Bertz CT molecular complexity index is 764. The van der Waals surface area contributed by atoms with Crippen LogP contribution in [-0.4, -0.2) is 45.9 Å². The number of fused-ring (bicyclic) bond motifs is 1. The summed E-state index contributed by atoms with van der Waals surface area (Å²) in [6.45, 7) is 0. The minimum absolute atomic E-state index is 0.0961. The minimum Gasteiger partial charge on any atom is -0.315 e. The summed E-state index contributed by atoms with van der Waals surface area (Å²) < 4.78 is 30.7. The first kappa shape index (κ1) is 8.25. The summed E-state index contributed by atoms with van der Waals surface area (Å²) in [6, 6.07) is -2.19. The highest BCUT2D eigenvalue weighted by Gasteiger charge is 2.50. The lowest BCUT2D eigenvalue weighted by molar-refractivity contribution is -0.124. The Hall–Kier alpha value is -2.97. The second kappa shape index (κ2) is 4.30. The zero-order chi connectivity index (χ0) is 17.8. The molecule has 102 valence electrons. The highest BCUT2D eigenvalue weighted by molar-refractivity contribution is 6.12. The van der Waals surface area contributed by atoms with Gasteiger partial charge in [0.15, 0.2) is 10.3 Å². The van der Waals surface area contributed by atoms with E-state index in [-0.39, 0.29) is 26.4 Å². The third-order valence-electron chi connectivity index (χ3n) is 2.70. The first-order valence-corrected chi connectivity index (χ1v) is 5.45. The molecule has 9 nitrogen and oxygen atoms in total.